The van der Waals surface area contributed by atoms with E-state index >= 15 is 0 Å². The number of aryl methyl sites for hydroxylation is 2. The molecule has 3 amide bonds. The molecule has 1 fully saturated rings. The van der Waals surface area contributed by atoms with Gasteiger partial charge in [0.15, 0.2) is 0 Å². The van der Waals surface area contributed by atoms with E-state index in [0.29, 0.717) is 11.3 Å². The standard InChI is InChI=1S/C13H16N2O3S/c1-3-8-6-10(19-7(8)2)13(18)14-9-4-5-11(16)15-12(9)17/h6,9H,3-5H2,1-2H3,(H,14,18)(H,15,16,17). The first-order valence-electron chi connectivity index (χ1n) is 6.25. The van der Waals surface area contributed by atoms with Gasteiger partial charge in [0.25, 0.3) is 5.91 Å². The normalized spacial score (nSPS) is 19.2. The zero-order valence-electron chi connectivity index (χ0n) is 10.9. The van der Waals surface area contributed by atoms with Gasteiger partial charge < -0.3 is 5.32 Å². The molecule has 19 heavy (non-hydrogen) atoms. The van der Waals surface area contributed by atoms with Crippen molar-refractivity contribution in [1.29, 1.82) is 0 Å². The van der Waals surface area contributed by atoms with Crippen LogP contribution in [0.25, 0.3) is 0 Å². The minimum absolute atomic E-state index is 0.248. The number of nitrogens with one attached hydrogen (secondary N) is 2. The Morgan fingerprint density at radius 2 is 2.26 bits per heavy atom. The highest BCUT2D eigenvalue weighted by Crippen LogP contribution is 2.22. The predicted molar refractivity (Wildman–Crippen MR) is 72.1 cm³/mol. The van der Waals surface area contributed by atoms with Crippen molar-refractivity contribution in [2.45, 2.75) is 39.2 Å². The fourth-order valence-corrected chi connectivity index (χ4v) is 3.06. The monoisotopic (exact) mass is 280 g/mol. The maximum atomic E-state index is 12.1. The van der Waals surface area contributed by atoms with Crippen LogP contribution < -0.4 is 10.6 Å². The minimum Gasteiger partial charge on any atom is -0.340 e. The Balaban J connectivity index is 2.04. The molecule has 1 aromatic rings. The van der Waals surface area contributed by atoms with Gasteiger partial charge in [0.1, 0.15) is 6.04 Å². The number of imide groups is 1. The van der Waals surface area contributed by atoms with Crippen LogP contribution in [-0.2, 0) is 16.0 Å². The number of carbonyl (C=O) groups is 3. The summed E-state index contributed by atoms with van der Waals surface area (Å²) >= 11 is 1.43. The lowest BCUT2D eigenvalue weighted by molar-refractivity contribution is -0.134. The van der Waals surface area contributed by atoms with Crippen molar-refractivity contribution in [2.24, 2.45) is 0 Å². The molecule has 0 bridgehead atoms. The van der Waals surface area contributed by atoms with Crippen LogP contribution >= 0.6 is 11.3 Å². The molecule has 0 aliphatic carbocycles. The molecule has 0 saturated carbocycles. The van der Waals surface area contributed by atoms with Gasteiger partial charge in [-0.05, 0) is 31.4 Å². The zero-order chi connectivity index (χ0) is 14.0. The second kappa shape index (κ2) is 5.52. The van der Waals surface area contributed by atoms with E-state index in [9.17, 15) is 14.4 Å². The summed E-state index contributed by atoms with van der Waals surface area (Å²) in [6, 6.07) is 1.25. The lowest BCUT2D eigenvalue weighted by Crippen LogP contribution is -2.52. The van der Waals surface area contributed by atoms with Crippen molar-refractivity contribution in [3.63, 3.8) is 0 Å². The number of hydrogen-bond donors (Lipinski definition) is 2. The van der Waals surface area contributed by atoms with Crippen molar-refractivity contribution in [3.05, 3.63) is 21.4 Å². The van der Waals surface area contributed by atoms with E-state index in [4.69, 9.17) is 0 Å². The molecule has 1 atom stereocenters. The molecule has 0 aromatic carbocycles. The number of rotatable bonds is 3. The van der Waals surface area contributed by atoms with Crippen LogP contribution in [0.3, 0.4) is 0 Å². The van der Waals surface area contributed by atoms with Crippen LogP contribution in [0, 0.1) is 6.92 Å². The maximum absolute atomic E-state index is 12.1. The molecule has 5 nitrogen and oxygen atoms in total. The van der Waals surface area contributed by atoms with Gasteiger partial charge in [-0.15, -0.1) is 11.3 Å². The fraction of sp³-hybridized carbons (Fsp3) is 0.462. The molecule has 102 valence electrons. The Hall–Kier alpha value is -1.69. The molecule has 0 spiro atoms. The number of amides is 3. The van der Waals surface area contributed by atoms with Gasteiger partial charge >= 0.3 is 0 Å². The highest BCUT2D eigenvalue weighted by Gasteiger charge is 2.28. The van der Waals surface area contributed by atoms with Gasteiger partial charge in [0.2, 0.25) is 11.8 Å². The summed E-state index contributed by atoms with van der Waals surface area (Å²) in [5.74, 6) is -0.952. The van der Waals surface area contributed by atoms with Crippen molar-refractivity contribution in [3.8, 4) is 0 Å². The summed E-state index contributed by atoms with van der Waals surface area (Å²) in [5, 5.41) is 4.90. The van der Waals surface area contributed by atoms with Gasteiger partial charge in [-0.2, -0.15) is 0 Å². The Kier molecular flexibility index (Phi) is 3.99. The van der Waals surface area contributed by atoms with Crippen LogP contribution in [0.15, 0.2) is 6.07 Å². The molecular formula is C13H16N2O3S. The van der Waals surface area contributed by atoms with Crippen molar-refractivity contribution >= 4 is 29.1 Å². The van der Waals surface area contributed by atoms with Crippen LogP contribution in [-0.4, -0.2) is 23.8 Å². The summed E-state index contributed by atoms with van der Waals surface area (Å²) in [4.78, 5) is 36.4. The maximum Gasteiger partial charge on any atom is 0.262 e. The molecule has 1 saturated heterocycles. The van der Waals surface area contributed by atoms with Crippen LogP contribution in [0.5, 0.6) is 0 Å². The Morgan fingerprint density at radius 3 is 2.84 bits per heavy atom. The largest absolute Gasteiger partial charge is 0.340 e. The highest BCUT2D eigenvalue weighted by molar-refractivity contribution is 7.14. The van der Waals surface area contributed by atoms with E-state index < -0.39 is 11.9 Å². The molecule has 6 heteroatoms. The van der Waals surface area contributed by atoms with Crippen molar-refractivity contribution in [1.82, 2.24) is 10.6 Å². The van der Waals surface area contributed by atoms with E-state index in [0.717, 1.165) is 16.9 Å². The Labute approximate surface area is 115 Å². The first-order valence-corrected chi connectivity index (χ1v) is 7.06. The van der Waals surface area contributed by atoms with Crippen LogP contribution in [0.4, 0.5) is 0 Å². The Bertz CT molecular complexity index is 536. The number of hydrogen-bond acceptors (Lipinski definition) is 4. The summed E-state index contributed by atoms with van der Waals surface area (Å²) in [6.45, 7) is 4.02. The van der Waals surface area contributed by atoms with Crippen LogP contribution in [0.1, 0.15) is 39.9 Å². The van der Waals surface area contributed by atoms with E-state index in [-0.39, 0.29) is 18.2 Å². The smallest absolute Gasteiger partial charge is 0.262 e. The summed E-state index contributed by atoms with van der Waals surface area (Å²) in [5.41, 5.74) is 1.15. The van der Waals surface area contributed by atoms with Gasteiger partial charge in [-0.1, -0.05) is 6.92 Å². The molecule has 1 unspecified atom stereocenters. The first-order chi connectivity index (χ1) is 9.01. The molecular weight excluding hydrogens is 264 g/mol. The van der Waals surface area contributed by atoms with Crippen molar-refractivity contribution in [2.75, 3.05) is 0 Å². The quantitative estimate of drug-likeness (QED) is 0.816. The summed E-state index contributed by atoms with van der Waals surface area (Å²) in [7, 11) is 0. The second-order valence-corrected chi connectivity index (χ2v) is 5.78. The first kappa shape index (κ1) is 13.7. The lowest BCUT2D eigenvalue weighted by atomic mass is 10.1. The van der Waals surface area contributed by atoms with E-state index in [2.05, 4.69) is 10.6 Å². The van der Waals surface area contributed by atoms with Gasteiger partial charge in [0.05, 0.1) is 4.88 Å². The molecule has 2 heterocycles. The fourth-order valence-electron chi connectivity index (χ4n) is 2.04. The predicted octanol–water partition coefficient (Wildman–Crippen LogP) is 1.15. The highest BCUT2D eigenvalue weighted by atomic mass is 32.1. The molecule has 0 radical (unpaired) electrons. The van der Waals surface area contributed by atoms with Gasteiger partial charge in [-0.3, -0.25) is 19.7 Å². The second-order valence-electron chi connectivity index (χ2n) is 4.52. The van der Waals surface area contributed by atoms with E-state index in [1.165, 1.54) is 11.3 Å². The van der Waals surface area contributed by atoms with E-state index in [1.54, 1.807) is 0 Å². The molecule has 1 aliphatic rings. The van der Waals surface area contributed by atoms with Gasteiger partial charge in [0, 0.05) is 11.3 Å². The summed E-state index contributed by atoms with van der Waals surface area (Å²) in [6.07, 6.45) is 1.51. The average Bonchev–Trinajstić information content (AvgIpc) is 2.74. The molecule has 1 aromatic heterocycles. The lowest BCUT2D eigenvalue weighted by Gasteiger charge is -2.21. The summed E-state index contributed by atoms with van der Waals surface area (Å²) < 4.78 is 0. The third-order valence-corrected chi connectivity index (χ3v) is 4.26. The number of carbonyl (C=O) groups excluding carboxylic acids is 3. The zero-order valence-corrected chi connectivity index (χ0v) is 11.7. The number of piperidine rings is 1. The van der Waals surface area contributed by atoms with Gasteiger partial charge in [-0.25, -0.2) is 0 Å². The number of thiophene rings is 1. The molecule has 2 N–H and O–H groups in total. The van der Waals surface area contributed by atoms with Crippen molar-refractivity contribution < 1.29 is 14.4 Å². The van der Waals surface area contributed by atoms with Crippen LogP contribution in [0.2, 0.25) is 0 Å². The molecule has 1 aliphatic heterocycles. The average molecular weight is 280 g/mol. The Morgan fingerprint density at radius 1 is 1.53 bits per heavy atom. The minimum atomic E-state index is -0.613. The SMILES string of the molecule is CCc1cc(C(=O)NC2CCC(=O)NC2=O)sc1C. The molecule has 2 rings (SSSR count). The topological polar surface area (TPSA) is 75.3 Å². The third-order valence-electron chi connectivity index (χ3n) is 3.17. The third kappa shape index (κ3) is 3.01. The van der Waals surface area contributed by atoms with E-state index in [1.807, 2.05) is 19.9 Å².